The van der Waals surface area contributed by atoms with Gasteiger partial charge in [-0.2, -0.15) is 5.10 Å². The van der Waals surface area contributed by atoms with Gasteiger partial charge in [0.2, 0.25) is 0 Å². The van der Waals surface area contributed by atoms with Gasteiger partial charge in [-0.25, -0.2) is 0 Å². The minimum Gasteiger partial charge on any atom is -0.497 e. The summed E-state index contributed by atoms with van der Waals surface area (Å²) in [6.07, 6.45) is 4.01. The van der Waals surface area contributed by atoms with Gasteiger partial charge < -0.3 is 10.1 Å². The molecule has 17 heavy (non-hydrogen) atoms. The smallest absolute Gasteiger partial charge is 0.119 e. The van der Waals surface area contributed by atoms with E-state index >= 15 is 0 Å². The highest BCUT2D eigenvalue weighted by Gasteiger charge is 2.19. The molecule has 3 rings (SSSR count). The SMILES string of the molecule is COc1cccc(-c2cnn(C3CNC3)c2)c1. The number of methoxy groups -OCH3 is 1. The molecule has 0 unspecified atom stereocenters. The molecule has 0 spiro atoms. The van der Waals surface area contributed by atoms with Crippen LogP contribution in [0.2, 0.25) is 0 Å². The maximum absolute atomic E-state index is 5.23. The standard InChI is InChI=1S/C13H15N3O/c1-17-13-4-2-3-10(5-13)11-6-15-16(9-11)12-7-14-8-12/h2-6,9,12,14H,7-8H2,1H3. The van der Waals surface area contributed by atoms with Gasteiger partial charge in [0.15, 0.2) is 0 Å². The fourth-order valence-electron chi connectivity index (χ4n) is 1.95. The van der Waals surface area contributed by atoms with Crippen molar-refractivity contribution in [2.45, 2.75) is 6.04 Å². The summed E-state index contributed by atoms with van der Waals surface area (Å²) in [5.74, 6) is 0.876. The minimum absolute atomic E-state index is 0.509. The molecule has 1 aromatic heterocycles. The van der Waals surface area contributed by atoms with E-state index < -0.39 is 0 Å². The van der Waals surface area contributed by atoms with Crippen LogP contribution in [0.25, 0.3) is 11.1 Å². The van der Waals surface area contributed by atoms with E-state index in [-0.39, 0.29) is 0 Å². The van der Waals surface area contributed by atoms with Crippen LogP contribution < -0.4 is 10.1 Å². The Kier molecular flexibility index (Phi) is 2.57. The molecule has 0 aliphatic carbocycles. The van der Waals surface area contributed by atoms with Crippen LogP contribution >= 0.6 is 0 Å². The Hall–Kier alpha value is -1.81. The fourth-order valence-corrected chi connectivity index (χ4v) is 1.95. The first kappa shape index (κ1) is 10.4. The van der Waals surface area contributed by atoms with Crippen molar-refractivity contribution in [1.29, 1.82) is 0 Å². The topological polar surface area (TPSA) is 39.1 Å². The molecule has 1 aliphatic heterocycles. The summed E-state index contributed by atoms with van der Waals surface area (Å²) >= 11 is 0. The third-order valence-corrected chi connectivity index (χ3v) is 3.14. The van der Waals surface area contributed by atoms with Crippen LogP contribution in [0.1, 0.15) is 6.04 Å². The van der Waals surface area contributed by atoms with Gasteiger partial charge in [-0.1, -0.05) is 12.1 Å². The van der Waals surface area contributed by atoms with Crippen LogP contribution in [-0.4, -0.2) is 30.0 Å². The van der Waals surface area contributed by atoms with E-state index in [0.717, 1.165) is 30.0 Å². The molecule has 1 saturated heterocycles. The monoisotopic (exact) mass is 229 g/mol. The molecular weight excluding hydrogens is 214 g/mol. The minimum atomic E-state index is 0.509. The molecule has 0 saturated carbocycles. The quantitative estimate of drug-likeness (QED) is 0.870. The summed E-state index contributed by atoms with van der Waals surface area (Å²) in [4.78, 5) is 0. The predicted octanol–water partition coefficient (Wildman–Crippen LogP) is 1.70. The molecule has 88 valence electrons. The second-order valence-electron chi connectivity index (χ2n) is 4.25. The lowest BCUT2D eigenvalue weighted by molar-refractivity contribution is 0.318. The number of aromatic nitrogens is 2. The van der Waals surface area contributed by atoms with Gasteiger partial charge >= 0.3 is 0 Å². The summed E-state index contributed by atoms with van der Waals surface area (Å²) in [6.45, 7) is 2.03. The van der Waals surface area contributed by atoms with Crippen molar-refractivity contribution in [3.05, 3.63) is 36.7 Å². The second-order valence-corrected chi connectivity index (χ2v) is 4.25. The van der Waals surface area contributed by atoms with Crippen LogP contribution in [-0.2, 0) is 0 Å². The molecule has 2 aromatic rings. The van der Waals surface area contributed by atoms with E-state index in [1.807, 2.05) is 29.1 Å². The first-order valence-corrected chi connectivity index (χ1v) is 5.76. The van der Waals surface area contributed by atoms with Crippen LogP contribution in [0.4, 0.5) is 0 Å². The zero-order valence-corrected chi connectivity index (χ0v) is 9.76. The number of ether oxygens (including phenoxy) is 1. The largest absolute Gasteiger partial charge is 0.497 e. The van der Waals surface area contributed by atoms with E-state index in [1.165, 1.54) is 0 Å². The number of nitrogens with one attached hydrogen (secondary N) is 1. The summed E-state index contributed by atoms with van der Waals surface area (Å²) < 4.78 is 7.26. The zero-order chi connectivity index (χ0) is 11.7. The molecule has 0 radical (unpaired) electrons. The normalized spacial score (nSPS) is 15.6. The van der Waals surface area contributed by atoms with E-state index in [1.54, 1.807) is 7.11 Å². The first-order chi connectivity index (χ1) is 8.36. The summed E-state index contributed by atoms with van der Waals surface area (Å²) in [5, 5.41) is 7.65. The molecule has 2 heterocycles. The van der Waals surface area contributed by atoms with Crippen molar-refractivity contribution in [2.75, 3.05) is 20.2 Å². The first-order valence-electron chi connectivity index (χ1n) is 5.76. The molecule has 1 aromatic carbocycles. The average Bonchev–Trinajstić information content (AvgIpc) is 2.76. The van der Waals surface area contributed by atoms with Crippen LogP contribution in [0.5, 0.6) is 5.75 Å². The number of hydrogen-bond acceptors (Lipinski definition) is 3. The molecule has 1 fully saturated rings. The summed E-state index contributed by atoms with van der Waals surface area (Å²) in [6, 6.07) is 8.55. The maximum atomic E-state index is 5.23. The van der Waals surface area contributed by atoms with Gasteiger partial charge in [-0.15, -0.1) is 0 Å². The van der Waals surface area contributed by atoms with Crippen molar-refractivity contribution in [3.8, 4) is 16.9 Å². The highest BCUT2D eigenvalue weighted by Crippen LogP contribution is 2.24. The van der Waals surface area contributed by atoms with Gasteiger partial charge in [-0.05, 0) is 17.7 Å². The van der Waals surface area contributed by atoms with E-state index in [2.05, 4.69) is 22.7 Å². The van der Waals surface area contributed by atoms with Crippen molar-refractivity contribution >= 4 is 0 Å². The molecule has 4 heteroatoms. The molecular formula is C13H15N3O. The van der Waals surface area contributed by atoms with Crippen LogP contribution in [0.3, 0.4) is 0 Å². The molecule has 0 atom stereocenters. The number of nitrogens with zero attached hydrogens (tertiary/aromatic N) is 2. The third-order valence-electron chi connectivity index (χ3n) is 3.14. The Balaban J connectivity index is 1.89. The molecule has 1 aliphatic rings. The van der Waals surface area contributed by atoms with Crippen molar-refractivity contribution in [3.63, 3.8) is 0 Å². The fraction of sp³-hybridized carbons (Fsp3) is 0.308. The Morgan fingerprint density at radius 1 is 1.35 bits per heavy atom. The predicted molar refractivity (Wildman–Crippen MR) is 66.1 cm³/mol. The van der Waals surface area contributed by atoms with Gasteiger partial charge in [-0.3, -0.25) is 4.68 Å². The number of rotatable bonds is 3. The zero-order valence-electron chi connectivity index (χ0n) is 9.76. The Labute approximate surface area is 100 Å². The van der Waals surface area contributed by atoms with Crippen molar-refractivity contribution in [1.82, 2.24) is 15.1 Å². The van der Waals surface area contributed by atoms with Crippen molar-refractivity contribution < 1.29 is 4.74 Å². The van der Waals surface area contributed by atoms with E-state index in [0.29, 0.717) is 6.04 Å². The van der Waals surface area contributed by atoms with Gasteiger partial charge in [0.05, 0.1) is 19.3 Å². The summed E-state index contributed by atoms with van der Waals surface area (Å²) in [7, 11) is 1.68. The molecule has 0 amide bonds. The Bertz CT molecular complexity index is 517. The van der Waals surface area contributed by atoms with Gasteiger partial charge in [0.1, 0.15) is 5.75 Å². The Morgan fingerprint density at radius 2 is 2.24 bits per heavy atom. The summed E-state index contributed by atoms with van der Waals surface area (Å²) in [5.41, 5.74) is 2.28. The molecule has 1 N–H and O–H groups in total. The molecule has 0 bridgehead atoms. The lowest BCUT2D eigenvalue weighted by atomic mass is 10.1. The van der Waals surface area contributed by atoms with Crippen LogP contribution in [0, 0.1) is 0 Å². The van der Waals surface area contributed by atoms with E-state index in [4.69, 9.17) is 4.74 Å². The lowest BCUT2D eigenvalue weighted by Gasteiger charge is -2.27. The highest BCUT2D eigenvalue weighted by atomic mass is 16.5. The molecule has 4 nitrogen and oxygen atoms in total. The lowest BCUT2D eigenvalue weighted by Crippen LogP contribution is -2.43. The van der Waals surface area contributed by atoms with Crippen molar-refractivity contribution in [2.24, 2.45) is 0 Å². The Morgan fingerprint density at radius 3 is 2.94 bits per heavy atom. The number of hydrogen-bond donors (Lipinski definition) is 1. The van der Waals surface area contributed by atoms with E-state index in [9.17, 15) is 0 Å². The maximum Gasteiger partial charge on any atom is 0.119 e. The third kappa shape index (κ3) is 1.91. The van der Waals surface area contributed by atoms with Gasteiger partial charge in [0, 0.05) is 24.8 Å². The van der Waals surface area contributed by atoms with Crippen LogP contribution in [0.15, 0.2) is 36.7 Å². The van der Waals surface area contributed by atoms with Gasteiger partial charge in [0.25, 0.3) is 0 Å². The second kappa shape index (κ2) is 4.22. The number of benzene rings is 1. The average molecular weight is 229 g/mol. The highest BCUT2D eigenvalue weighted by molar-refractivity contribution is 5.63.